The van der Waals surface area contributed by atoms with Crippen LogP contribution in [-0.2, 0) is 6.61 Å². The van der Waals surface area contributed by atoms with Crippen LogP contribution in [0.25, 0.3) is 0 Å². The largest absolute Gasteiger partial charge is 0.497 e. The molecule has 6 heteroatoms. The van der Waals surface area contributed by atoms with Gasteiger partial charge in [0.15, 0.2) is 0 Å². The van der Waals surface area contributed by atoms with Crippen LogP contribution in [-0.4, -0.2) is 17.1 Å². The van der Waals surface area contributed by atoms with E-state index < -0.39 is 4.92 Å². The van der Waals surface area contributed by atoms with E-state index >= 15 is 0 Å². The van der Waals surface area contributed by atoms with Gasteiger partial charge in [-0.15, -0.1) is 0 Å². The lowest BCUT2D eigenvalue weighted by Crippen LogP contribution is -1.95. The molecule has 0 saturated carbocycles. The van der Waals surface area contributed by atoms with Crippen LogP contribution < -0.4 is 9.47 Å². The van der Waals surface area contributed by atoms with E-state index in [2.05, 4.69) is 0 Å². The first-order valence-electron chi connectivity index (χ1n) is 5.84. The highest BCUT2D eigenvalue weighted by atomic mass is 16.6. The third kappa shape index (κ3) is 3.04. The van der Waals surface area contributed by atoms with Gasteiger partial charge in [-0.2, -0.15) is 0 Å². The van der Waals surface area contributed by atoms with Gasteiger partial charge in [0.25, 0.3) is 5.69 Å². The van der Waals surface area contributed by atoms with Gasteiger partial charge < -0.3 is 14.6 Å². The lowest BCUT2D eigenvalue weighted by Gasteiger charge is -2.10. The van der Waals surface area contributed by atoms with Gasteiger partial charge >= 0.3 is 0 Å². The molecule has 2 aromatic carbocycles. The Labute approximate surface area is 115 Å². The Hall–Kier alpha value is -2.60. The Balaban J connectivity index is 2.30. The average Bonchev–Trinajstić information content (AvgIpc) is 2.47. The average molecular weight is 275 g/mol. The highest BCUT2D eigenvalue weighted by molar-refractivity contribution is 5.46. The maximum atomic E-state index is 10.7. The summed E-state index contributed by atoms with van der Waals surface area (Å²) in [5.74, 6) is 1.52. The van der Waals surface area contributed by atoms with Crippen LogP contribution >= 0.6 is 0 Å². The van der Waals surface area contributed by atoms with Crippen LogP contribution in [0.5, 0.6) is 17.2 Å². The Bertz CT molecular complexity index is 627. The molecule has 0 atom stereocenters. The molecule has 2 rings (SSSR count). The number of non-ortho nitro benzene ring substituents is 1. The van der Waals surface area contributed by atoms with Crippen LogP contribution in [0.1, 0.15) is 5.56 Å². The van der Waals surface area contributed by atoms with E-state index in [4.69, 9.17) is 9.47 Å². The third-order valence-corrected chi connectivity index (χ3v) is 2.69. The van der Waals surface area contributed by atoms with Crippen molar-refractivity contribution in [2.24, 2.45) is 0 Å². The van der Waals surface area contributed by atoms with Crippen molar-refractivity contribution >= 4 is 5.69 Å². The van der Waals surface area contributed by atoms with Crippen molar-refractivity contribution in [3.05, 3.63) is 58.1 Å². The number of nitrogens with zero attached hydrogens (tertiary/aromatic N) is 1. The fourth-order valence-corrected chi connectivity index (χ4v) is 1.69. The summed E-state index contributed by atoms with van der Waals surface area (Å²) in [5.41, 5.74) is 0.258. The molecular weight excluding hydrogens is 262 g/mol. The molecule has 0 aromatic heterocycles. The van der Waals surface area contributed by atoms with Gasteiger partial charge in [0.2, 0.25) is 0 Å². The molecule has 0 radical (unpaired) electrons. The highest BCUT2D eigenvalue weighted by Gasteiger charge is 2.12. The molecule has 0 amide bonds. The standard InChI is InChI=1S/C14H13NO5/c1-19-12-3-2-4-13(8-12)20-14-6-5-11(15(17)18)7-10(14)9-16/h2-8,16H,9H2,1H3. The van der Waals surface area contributed by atoms with E-state index in [1.165, 1.54) is 18.2 Å². The van der Waals surface area contributed by atoms with Crippen molar-refractivity contribution in [3.8, 4) is 17.2 Å². The summed E-state index contributed by atoms with van der Waals surface area (Å²) in [5, 5.41) is 20.0. The molecule has 6 nitrogen and oxygen atoms in total. The first-order valence-corrected chi connectivity index (χ1v) is 5.84. The number of nitro benzene ring substituents is 1. The van der Waals surface area contributed by atoms with E-state index in [1.807, 2.05) is 0 Å². The van der Waals surface area contributed by atoms with Crippen molar-refractivity contribution in [1.82, 2.24) is 0 Å². The van der Waals surface area contributed by atoms with E-state index in [9.17, 15) is 15.2 Å². The van der Waals surface area contributed by atoms with Gasteiger partial charge in [0.05, 0.1) is 18.6 Å². The first kappa shape index (κ1) is 13.8. The SMILES string of the molecule is COc1cccc(Oc2ccc([N+](=O)[O-])cc2CO)c1. The quantitative estimate of drug-likeness (QED) is 0.670. The van der Waals surface area contributed by atoms with E-state index in [-0.39, 0.29) is 12.3 Å². The monoisotopic (exact) mass is 275 g/mol. The van der Waals surface area contributed by atoms with Crippen LogP contribution in [0, 0.1) is 10.1 Å². The third-order valence-electron chi connectivity index (χ3n) is 2.69. The number of rotatable bonds is 5. The minimum Gasteiger partial charge on any atom is -0.497 e. The molecule has 0 fully saturated rings. The molecular formula is C14H13NO5. The van der Waals surface area contributed by atoms with Crippen molar-refractivity contribution < 1.29 is 19.5 Å². The maximum absolute atomic E-state index is 10.7. The lowest BCUT2D eigenvalue weighted by atomic mass is 10.2. The van der Waals surface area contributed by atoms with Crippen LogP contribution in [0.3, 0.4) is 0 Å². The molecule has 1 N–H and O–H groups in total. The van der Waals surface area contributed by atoms with Gasteiger partial charge in [-0.25, -0.2) is 0 Å². The zero-order valence-electron chi connectivity index (χ0n) is 10.8. The van der Waals surface area contributed by atoms with Crippen molar-refractivity contribution in [2.45, 2.75) is 6.61 Å². The Morgan fingerprint density at radius 2 is 1.95 bits per heavy atom. The summed E-state index contributed by atoms with van der Waals surface area (Å²) in [4.78, 5) is 10.2. The molecule has 0 unspecified atom stereocenters. The first-order chi connectivity index (χ1) is 9.63. The number of hydrogen-bond acceptors (Lipinski definition) is 5. The predicted molar refractivity (Wildman–Crippen MR) is 72.1 cm³/mol. The number of hydrogen-bond donors (Lipinski definition) is 1. The summed E-state index contributed by atoms with van der Waals surface area (Å²) in [6, 6.07) is 11.0. The lowest BCUT2D eigenvalue weighted by molar-refractivity contribution is -0.385. The second-order valence-electron chi connectivity index (χ2n) is 3.99. The molecule has 0 aliphatic carbocycles. The maximum Gasteiger partial charge on any atom is 0.270 e. The molecule has 0 aliphatic heterocycles. The zero-order valence-corrected chi connectivity index (χ0v) is 10.8. The Morgan fingerprint density at radius 3 is 2.60 bits per heavy atom. The van der Waals surface area contributed by atoms with Gasteiger partial charge in [-0.1, -0.05) is 6.07 Å². The molecule has 0 spiro atoms. The topological polar surface area (TPSA) is 81.8 Å². The molecule has 20 heavy (non-hydrogen) atoms. The van der Waals surface area contributed by atoms with Gasteiger partial charge in [-0.05, 0) is 18.2 Å². The molecule has 0 heterocycles. The van der Waals surface area contributed by atoms with Gasteiger partial charge in [0.1, 0.15) is 17.2 Å². The van der Waals surface area contributed by atoms with Gasteiger partial charge in [-0.3, -0.25) is 10.1 Å². The van der Waals surface area contributed by atoms with Crippen molar-refractivity contribution in [1.29, 1.82) is 0 Å². The summed E-state index contributed by atoms with van der Waals surface area (Å²) >= 11 is 0. The summed E-state index contributed by atoms with van der Waals surface area (Å²) < 4.78 is 10.7. The summed E-state index contributed by atoms with van der Waals surface area (Å²) in [6.45, 7) is -0.346. The number of ether oxygens (including phenoxy) is 2. The number of nitro groups is 1. The second-order valence-corrected chi connectivity index (χ2v) is 3.99. The summed E-state index contributed by atoms with van der Waals surface area (Å²) in [6.07, 6.45) is 0. The van der Waals surface area contributed by atoms with Crippen molar-refractivity contribution in [2.75, 3.05) is 7.11 Å². The van der Waals surface area contributed by atoms with E-state index in [1.54, 1.807) is 31.4 Å². The van der Waals surface area contributed by atoms with Gasteiger partial charge in [0, 0.05) is 23.8 Å². The van der Waals surface area contributed by atoms with E-state index in [0.29, 0.717) is 22.8 Å². The fraction of sp³-hybridized carbons (Fsp3) is 0.143. The molecule has 0 saturated heterocycles. The van der Waals surface area contributed by atoms with Crippen LogP contribution in [0.15, 0.2) is 42.5 Å². The summed E-state index contributed by atoms with van der Waals surface area (Å²) in [7, 11) is 1.55. The highest BCUT2D eigenvalue weighted by Crippen LogP contribution is 2.30. The van der Waals surface area contributed by atoms with Crippen LogP contribution in [0.2, 0.25) is 0 Å². The minimum absolute atomic E-state index is 0.0907. The Morgan fingerprint density at radius 1 is 1.20 bits per heavy atom. The number of methoxy groups -OCH3 is 1. The fourth-order valence-electron chi connectivity index (χ4n) is 1.69. The zero-order chi connectivity index (χ0) is 14.5. The molecule has 0 aliphatic rings. The number of aliphatic hydroxyl groups is 1. The Kier molecular flexibility index (Phi) is 4.17. The normalized spacial score (nSPS) is 10.1. The number of aliphatic hydroxyl groups excluding tert-OH is 1. The second kappa shape index (κ2) is 6.03. The minimum atomic E-state index is -0.519. The van der Waals surface area contributed by atoms with E-state index in [0.717, 1.165) is 0 Å². The number of benzene rings is 2. The predicted octanol–water partition coefficient (Wildman–Crippen LogP) is 2.89. The molecule has 2 aromatic rings. The van der Waals surface area contributed by atoms with Crippen LogP contribution in [0.4, 0.5) is 5.69 Å². The molecule has 104 valence electrons. The smallest absolute Gasteiger partial charge is 0.270 e. The van der Waals surface area contributed by atoms with Crippen molar-refractivity contribution in [3.63, 3.8) is 0 Å². The molecule has 0 bridgehead atoms.